The molecule has 0 radical (unpaired) electrons. The molecule has 0 atom stereocenters. The molecule has 0 unspecified atom stereocenters. The summed E-state index contributed by atoms with van der Waals surface area (Å²) in [6.07, 6.45) is 3.52. The fraction of sp³-hybridized carbons (Fsp3) is 0.500. The number of esters is 2. The lowest BCUT2D eigenvalue weighted by Gasteiger charge is -2.14. The van der Waals surface area contributed by atoms with Gasteiger partial charge in [0, 0.05) is 5.69 Å². The lowest BCUT2D eigenvalue weighted by molar-refractivity contribution is -0.143. The molecule has 0 saturated heterocycles. The first-order valence-corrected chi connectivity index (χ1v) is 8.10. The molecule has 128 valence electrons. The maximum absolute atomic E-state index is 12.3. The summed E-state index contributed by atoms with van der Waals surface area (Å²) in [7, 11) is 0. The summed E-state index contributed by atoms with van der Waals surface area (Å²) >= 11 is 0. The first kappa shape index (κ1) is 16.2. The Labute approximate surface area is 139 Å². The Balaban J connectivity index is 1.96. The zero-order valence-corrected chi connectivity index (χ0v) is 13.8. The van der Waals surface area contributed by atoms with E-state index in [1.165, 1.54) is 0 Å². The average Bonchev–Trinajstić information content (AvgIpc) is 3.17. The van der Waals surface area contributed by atoms with Gasteiger partial charge in [-0.3, -0.25) is 14.6 Å². The van der Waals surface area contributed by atoms with Gasteiger partial charge in [-0.2, -0.15) is 10.2 Å². The molecule has 0 amide bonds. The van der Waals surface area contributed by atoms with Gasteiger partial charge >= 0.3 is 11.9 Å². The first-order chi connectivity index (χ1) is 11.7. The standard InChI is InChI=1S/C16H20N4O4/c1-3-23-12(21)7-8-20-11-6-5-10-9-17-18-14(10)13(11)15(19-20)16(22)24-4-2/h9H,3-8H2,1-2H3,(H,17,18). The van der Waals surface area contributed by atoms with Crippen molar-refractivity contribution >= 4 is 11.9 Å². The Morgan fingerprint density at radius 3 is 2.79 bits per heavy atom. The Hall–Kier alpha value is -2.64. The second-order valence-electron chi connectivity index (χ2n) is 5.44. The minimum absolute atomic E-state index is 0.208. The van der Waals surface area contributed by atoms with E-state index in [4.69, 9.17) is 9.47 Å². The molecule has 0 aromatic carbocycles. The van der Waals surface area contributed by atoms with Crippen LogP contribution in [0.4, 0.5) is 0 Å². The van der Waals surface area contributed by atoms with Gasteiger partial charge in [0.2, 0.25) is 0 Å². The van der Waals surface area contributed by atoms with Crippen molar-refractivity contribution in [3.05, 3.63) is 23.1 Å². The van der Waals surface area contributed by atoms with E-state index in [-0.39, 0.29) is 24.7 Å². The van der Waals surface area contributed by atoms with Crippen molar-refractivity contribution in [2.75, 3.05) is 13.2 Å². The minimum Gasteiger partial charge on any atom is -0.466 e. The summed E-state index contributed by atoms with van der Waals surface area (Å²) in [4.78, 5) is 23.9. The molecule has 2 aromatic heterocycles. The number of ether oxygens (including phenoxy) is 2. The molecule has 0 fully saturated rings. The average molecular weight is 332 g/mol. The van der Waals surface area contributed by atoms with Gasteiger partial charge < -0.3 is 9.47 Å². The zero-order valence-electron chi connectivity index (χ0n) is 13.8. The molecule has 1 N–H and O–H groups in total. The number of fused-ring (bicyclic) bond motifs is 3. The summed E-state index contributed by atoms with van der Waals surface area (Å²) in [6.45, 7) is 4.51. The number of nitrogens with one attached hydrogen (secondary N) is 1. The van der Waals surface area contributed by atoms with Crippen LogP contribution in [-0.4, -0.2) is 45.1 Å². The molecular weight excluding hydrogens is 312 g/mol. The molecule has 1 aliphatic rings. The number of hydrogen-bond acceptors (Lipinski definition) is 6. The van der Waals surface area contributed by atoms with Crippen molar-refractivity contribution in [1.29, 1.82) is 0 Å². The monoisotopic (exact) mass is 332 g/mol. The third-order valence-electron chi connectivity index (χ3n) is 3.96. The van der Waals surface area contributed by atoms with Gasteiger partial charge in [-0.05, 0) is 32.3 Å². The van der Waals surface area contributed by atoms with E-state index in [9.17, 15) is 9.59 Å². The van der Waals surface area contributed by atoms with Crippen LogP contribution in [0.5, 0.6) is 0 Å². The maximum atomic E-state index is 12.3. The third kappa shape index (κ3) is 2.91. The van der Waals surface area contributed by atoms with Gasteiger partial charge in [0.25, 0.3) is 0 Å². The number of carbonyl (C=O) groups excluding carboxylic acids is 2. The second kappa shape index (κ2) is 6.86. The van der Waals surface area contributed by atoms with E-state index >= 15 is 0 Å². The number of rotatable bonds is 6. The van der Waals surface area contributed by atoms with Gasteiger partial charge in [-0.1, -0.05) is 0 Å². The topological polar surface area (TPSA) is 99.1 Å². The predicted molar refractivity (Wildman–Crippen MR) is 84.4 cm³/mol. The number of aromatic nitrogens is 4. The Morgan fingerprint density at radius 1 is 1.25 bits per heavy atom. The fourth-order valence-corrected chi connectivity index (χ4v) is 2.94. The lowest BCUT2D eigenvalue weighted by Crippen LogP contribution is -2.14. The van der Waals surface area contributed by atoms with E-state index in [1.54, 1.807) is 24.7 Å². The van der Waals surface area contributed by atoms with E-state index in [0.717, 1.165) is 35.4 Å². The summed E-state index contributed by atoms with van der Waals surface area (Å²) in [5.41, 5.74) is 3.77. The second-order valence-corrected chi connectivity index (χ2v) is 5.44. The highest BCUT2D eigenvalue weighted by atomic mass is 16.5. The minimum atomic E-state index is -0.467. The van der Waals surface area contributed by atoms with Crippen LogP contribution in [0.15, 0.2) is 6.20 Å². The van der Waals surface area contributed by atoms with Gasteiger partial charge in [0.05, 0.1) is 43.6 Å². The molecule has 8 heteroatoms. The Kier molecular flexibility index (Phi) is 4.64. The van der Waals surface area contributed by atoms with Crippen LogP contribution in [0.25, 0.3) is 11.3 Å². The van der Waals surface area contributed by atoms with Crippen LogP contribution in [0.3, 0.4) is 0 Å². The van der Waals surface area contributed by atoms with Crippen LogP contribution in [0, 0.1) is 0 Å². The number of H-pyrrole nitrogens is 1. The summed E-state index contributed by atoms with van der Waals surface area (Å²) in [5.74, 6) is -0.747. The third-order valence-corrected chi connectivity index (χ3v) is 3.96. The van der Waals surface area contributed by atoms with Crippen molar-refractivity contribution in [2.24, 2.45) is 0 Å². The number of aryl methyl sites for hydroxylation is 2. The molecule has 1 aliphatic carbocycles. The smallest absolute Gasteiger partial charge is 0.359 e. The summed E-state index contributed by atoms with van der Waals surface area (Å²) in [6, 6.07) is 0. The van der Waals surface area contributed by atoms with Crippen molar-refractivity contribution in [3.63, 3.8) is 0 Å². The van der Waals surface area contributed by atoms with Crippen molar-refractivity contribution in [1.82, 2.24) is 20.0 Å². The van der Waals surface area contributed by atoms with Crippen LogP contribution in [-0.2, 0) is 33.7 Å². The van der Waals surface area contributed by atoms with Gasteiger partial charge in [-0.15, -0.1) is 0 Å². The van der Waals surface area contributed by atoms with Crippen molar-refractivity contribution in [3.8, 4) is 11.3 Å². The van der Waals surface area contributed by atoms with Gasteiger partial charge in [0.1, 0.15) is 0 Å². The Bertz CT molecular complexity index is 762. The van der Waals surface area contributed by atoms with E-state index in [1.807, 2.05) is 0 Å². The molecule has 0 aliphatic heterocycles. The van der Waals surface area contributed by atoms with E-state index < -0.39 is 5.97 Å². The van der Waals surface area contributed by atoms with Crippen LogP contribution in [0.2, 0.25) is 0 Å². The molecule has 2 heterocycles. The van der Waals surface area contributed by atoms with Crippen molar-refractivity contribution < 1.29 is 19.1 Å². The fourth-order valence-electron chi connectivity index (χ4n) is 2.94. The predicted octanol–water partition coefficient (Wildman–Crippen LogP) is 1.50. The SMILES string of the molecule is CCOC(=O)CCn1nc(C(=O)OCC)c2c1CCc1cn[nH]c1-2. The van der Waals surface area contributed by atoms with E-state index in [2.05, 4.69) is 15.3 Å². The van der Waals surface area contributed by atoms with Crippen LogP contribution >= 0.6 is 0 Å². The molecular formula is C16H20N4O4. The van der Waals surface area contributed by atoms with Crippen LogP contribution in [0.1, 0.15) is 42.0 Å². The molecule has 0 bridgehead atoms. The molecule has 24 heavy (non-hydrogen) atoms. The number of hydrogen-bond donors (Lipinski definition) is 1. The highest BCUT2D eigenvalue weighted by molar-refractivity contribution is 5.96. The highest BCUT2D eigenvalue weighted by Crippen LogP contribution is 2.35. The lowest BCUT2D eigenvalue weighted by atomic mass is 9.94. The quantitative estimate of drug-likeness (QED) is 0.805. The molecule has 8 nitrogen and oxygen atoms in total. The van der Waals surface area contributed by atoms with Gasteiger partial charge in [0.15, 0.2) is 5.69 Å². The normalized spacial score (nSPS) is 12.4. The Morgan fingerprint density at radius 2 is 2.04 bits per heavy atom. The van der Waals surface area contributed by atoms with Gasteiger partial charge in [-0.25, -0.2) is 4.79 Å². The number of nitrogens with zero attached hydrogens (tertiary/aromatic N) is 3. The molecule has 3 rings (SSSR count). The largest absolute Gasteiger partial charge is 0.466 e. The molecule has 0 saturated carbocycles. The zero-order chi connectivity index (χ0) is 17.1. The maximum Gasteiger partial charge on any atom is 0.359 e. The summed E-state index contributed by atoms with van der Waals surface area (Å²) < 4.78 is 11.8. The highest BCUT2D eigenvalue weighted by Gasteiger charge is 2.30. The van der Waals surface area contributed by atoms with E-state index in [0.29, 0.717) is 13.2 Å². The number of aromatic amines is 1. The van der Waals surface area contributed by atoms with Crippen LogP contribution < -0.4 is 0 Å². The van der Waals surface area contributed by atoms with Crippen molar-refractivity contribution in [2.45, 2.75) is 39.7 Å². The number of carbonyl (C=O) groups is 2. The first-order valence-electron chi connectivity index (χ1n) is 8.10. The molecule has 0 spiro atoms. The molecule has 2 aromatic rings. The summed E-state index contributed by atoms with van der Waals surface area (Å²) in [5, 5.41) is 11.4.